The lowest BCUT2D eigenvalue weighted by molar-refractivity contribution is -0.112. The first-order chi connectivity index (χ1) is 15.4. The van der Waals surface area contributed by atoms with E-state index in [1.807, 2.05) is 0 Å². The molecule has 3 rings (SSSR count). The number of nitrogens with zero attached hydrogens (tertiary/aromatic N) is 1. The number of hydrogen-bond acceptors (Lipinski definition) is 6. The molecule has 0 radical (unpaired) electrons. The van der Waals surface area contributed by atoms with Gasteiger partial charge in [-0.25, -0.2) is 8.42 Å². The molecule has 0 atom stereocenters. The highest BCUT2D eigenvalue weighted by molar-refractivity contribution is 8.14. The van der Waals surface area contributed by atoms with Crippen LogP contribution in [0.2, 0.25) is 0 Å². The van der Waals surface area contributed by atoms with E-state index >= 15 is 0 Å². The van der Waals surface area contributed by atoms with E-state index in [9.17, 15) is 31.2 Å². The SMILES string of the molecule is C=C(N1CCc2ccc(S(=O)(=O)Nc3ccc(C(=O)CSC(C)=O)cc3)cc2C1)C(F)(F)F. The summed E-state index contributed by atoms with van der Waals surface area (Å²) >= 11 is 0.889. The van der Waals surface area contributed by atoms with Crippen LogP contribution >= 0.6 is 11.8 Å². The van der Waals surface area contributed by atoms with E-state index < -0.39 is 21.9 Å². The van der Waals surface area contributed by atoms with Crippen LogP contribution in [0.4, 0.5) is 18.9 Å². The van der Waals surface area contributed by atoms with Crippen LogP contribution in [0.5, 0.6) is 0 Å². The van der Waals surface area contributed by atoms with Crippen LogP contribution in [0.1, 0.15) is 28.4 Å². The summed E-state index contributed by atoms with van der Waals surface area (Å²) in [7, 11) is -4.01. The van der Waals surface area contributed by atoms with Crippen molar-refractivity contribution in [3.63, 3.8) is 0 Å². The zero-order valence-corrected chi connectivity index (χ0v) is 19.2. The number of ketones is 1. The predicted molar refractivity (Wildman–Crippen MR) is 120 cm³/mol. The van der Waals surface area contributed by atoms with Crippen molar-refractivity contribution < 1.29 is 31.2 Å². The molecule has 6 nitrogen and oxygen atoms in total. The fraction of sp³-hybridized carbons (Fsp3) is 0.273. The van der Waals surface area contributed by atoms with Gasteiger partial charge in [-0.1, -0.05) is 24.4 Å². The number of benzene rings is 2. The Balaban J connectivity index is 1.74. The first-order valence-corrected chi connectivity index (χ1v) is 12.3. The molecule has 1 N–H and O–H groups in total. The molecule has 0 fully saturated rings. The van der Waals surface area contributed by atoms with Gasteiger partial charge in [-0.3, -0.25) is 14.3 Å². The number of nitrogens with one attached hydrogen (secondary N) is 1. The Bertz CT molecular complexity index is 1190. The van der Waals surface area contributed by atoms with Crippen molar-refractivity contribution in [2.45, 2.75) is 31.0 Å². The number of rotatable bonds is 7. The molecule has 0 amide bonds. The Morgan fingerprint density at radius 3 is 2.39 bits per heavy atom. The molecule has 1 aliphatic rings. The van der Waals surface area contributed by atoms with E-state index in [-0.39, 0.29) is 40.3 Å². The number of anilines is 1. The zero-order valence-electron chi connectivity index (χ0n) is 17.6. The van der Waals surface area contributed by atoms with E-state index in [1.54, 1.807) is 6.07 Å². The quantitative estimate of drug-likeness (QED) is 0.571. The molecule has 0 saturated heterocycles. The Kier molecular flexibility index (Phi) is 7.23. The first-order valence-electron chi connectivity index (χ1n) is 9.79. The molecule has 2 aromatic rings. The highest BCUT2D eigenvalue weighted by Gasteiger charge is 2.37. The van der Waals surface area contributed by atoms with Crippen molar-refractivity contribution >= 4 is 38.4 Å². The highest BCUT2D eigenvalue weighted by Crippen LogP contribution is 2.32. The summed E-state index contributed by atoms with van der Waals surface area (Å²) in [6, 6.07) is 10.1. The Hall–Kier alpha value is -2.79. The average molecular weight is 499 g/mol. The second kappa shape index (κ2) is 9.60. The molecule has 1 heterocycles. The maximum atomic E-state index is 13.0. The van der Waals surface area contributed by atoms with Crippen molar-refractivity contribution in [1.82, 2.24) is 4.90 Å². The van der Waals surface area contributed by atoms with E-state index in [4.69, 9.17) is 0 Å². The zero-order chi connectivity index (χ0) is 24.4. The van der Waals surface area contributed by atoms with Gasteiger partial charge in [0.2, 0.25) is 0 Å². The molecule has 0 aliphatic carbocycles. The van der Waals surface area contributed by atoms with E-state index in [2.05, 4.69) is 11.3 Å². The van der Waals surface area contributed by atoms with Crippen molar-refractivity contribution in [3.05, 3.63) is 71.4 Å². The Morgan fingerprint density at radius 1 is 1.12 bits per heavy atom. The van der Waals surface area contributed by atoms with Crippen LogP contribution in [0.3, 0.4) is 0 Å². The van der Waals surface area contributed by atoms with Gasteiger partial charge in [-0.15, -0.1) is 0 Å². The van der Waals surface area contributed by atoms with Crippen molar-refractivity contribution in [2.75, 3.05) is 17.0 Å². The van der Waals surface area contributed by atoms with Gasteiger partial charge >= 0.3 is 6.18 Å². The lowest BCUT2D eigenvalue weighted by Crippen LogP contribution is -2.35. The standard InChI is InChI=1S/C22H21F3N2O4S2/c1-14(22(23,24)25)27-10-9-16-5-8-20(11-18(16)12-27)33(30,31)26-19-6-3-17(4-7-19)21(29)13-32-15(2)28/h3-8,11,26H,1,9-10,12-13H2,2H3. The molecule has 11 heteroatoms. The Labute approximate surface area is 193 Å². The summed E-state index contributed by atoms with van der Waals surface area (Å²) in [6.45, 7) is 4.53. The van der Waals surface area contributed by atoms with Gasteiger partial charge in [-0.2, -0.15) is 13.2 Å². The number of hydrogen-bond donors (Lipinski definition) is 1. The van der Waals surface area contributed by atoms with Crippen LogP contribution in [-0.4, -0.2) is 42.7 Å². The largest absolute Gasteiger partial charge is 0.430 e. The summed E-state index contributed by atoms with van der Waals surface area (Å²) in [4.78, 5) is 24.0. The van der Waals surface area contributed by atoms with Crippen molar-refractivity contribution in [2.24, 2.45) is 0 Å². The number of Topliss-reactive ketones (excluding diaryl/α,β-unsaturated/α-hetero) is 1. The minimum Gasteiger partial charge on any atom is -0.363 e. The third-order valence-corrected chi connectivity index (χ3v) is 7.27. The van der Waals surface area contributed by atoms with Gasteiger partial charge in [0.1, 0.15) is 5.70 Å². The second-order valence-corrected chi connectivity index (χ2v) is 10.3. The minimum atomic E-state index is -4.55. The highest BCUT2D eigenvalue weighted by atomic mass is 32.2. The van der Waals surface area contributed by atoms with Crippen LogP contribution in [0.15, 0.2) is 59.6 Å². The molecule has 0 bridgehead atoms. The topological polar surface area (TPSA) is 83.6 Å². The van der Waals surface area contributed by atoms with Gasteiger partial charge in [0.25, 0.3) is 10.0 Å². The monoisotopic (exact) mass is 498 g/mol. The smallest absolute Gasteiger partial charge is 0.363 e. The normalized spacial score (nSPS) is 13.9. The molecule has 0 spiro atoms. The average Bonchev–Trinajstić information content (AvgIpc) is 2.75. The van der Waals surface area contributed by atoms with Gasteiger partial charge in [0.15, 0.2) is 10.9 Å². The third-order valence-electron chi connectivity index (χ3n) is 5.07. The maximum absolute atomic E-state index is 13.0. The summed E-state index contributed by atoms with van der Waals surface area (Å²) in [5.74, 6) is -0.267. The van der Waals surface area contributed by atoms with Crippen molar-refractivity contribution in [1.29, 1.82) is 0 Å². The second-order valence-electron chi connectivity index (χ2n) is 7.43. The summed E-state index contributed by atoms with van der Waals surface area (Å²) < 4.78 is 67.0. The number of carbonyl (C=O) groups is 2. The first kappa shape index (κ1) is 24.8. The van der Waals surface area contributed by atoms with Crippen molar-refractivity contribution in [3.8, 4) is 0 Å². The molecule has 0 unspecified atom stereocenters. The molecule has 0 saturated carbocycles. The summed E-state index contributed by atoms with van der Waals surface area (Å²) in [5.41, 5.74) is 0.863. The van der Waals surface area contributed by atoms with Gasteiger partial charge < -0.3 is 4.90 Å². The predicted octanol–water partition coefficient (Wildman–Crippen LogP) is 4.38. The molecule has 33 heavy (non-hydrogen) atoms. The summed E-state index contributed by atoms with van der Waals surface area (Å²) in [5, 5.41) is -0.177. The lowest BCUT2D eigenvalue weighted by atomic mass is 9.99. The molecule has 2 aromatic carbocycles. The molecular weight excluding hydrogens is 477 g/mol. The molecule has 1 aliphatic heterocycles. The minimum absolute atomic E-state index is 0.00663. The lowest BCUT2D eigenvalue weighted by Gasteiger charge is -2.33. The Morgan fingerprint density at radius 2 is 1.79 bits per heavy atom. The van der Waals surface area contributed by atoms with Crippen LogP contribution in [-0.2, 0) is 27.8 Å². The molecule has 0 aromatic heterocycles. The fourth-order valence-electron chi connectivity index (χ4n) is 3.30. The molecular formula is C22H21F3N2O4S2. The fourth-order valence-corrected chi connectivity index (χ4v) is 4.91. The van der Waals surface area contributed by atoms with E-state index in [1.165, 1.54) is 43.3 Å². The number of fused-ring (bicyclic) bond motifs is 1. The number of carbonyl (C=O) groups excluding carboxylic acids is 2. The summed E-state index contributed by atoms with van der Waals surface area (Å²) in [6.07, 6.45) is -4.21. The maximum Gasteiger partial charge on any atom is 0.430 e. The van der Waals surface area contributed by atoms with Crippen LogP contribution in [0, 0.1) is 0 Å². The van der Waals surface area contributed by atoms with Crippen LogP contribution in [0.25, 0.3) is 0 Å². The van der Waals surface area contributed by atoms with E-state index in [0.29, 0.717) is 17.5 Å². The number of halogens is 3. The van der Waals surface area contributed by atoms with Gasteiger partial charge in [0, 0.05) is 31.3 Å². The number of thioether (sulfide) groups is 1. The van der Waals surface area contributed by atoms with Crippen LogP contribution < -0.4 is 4.72 Å². The molecule has 176 valence electrons. The number of allylic oxidation sites excluding steroid dienone is 1. The van der Waals surface area contributed by atoms with Gasteiger partial charge in [0.05, 0.1) is 10.6 Å². The number of alkyl halides is 3. The number of sulfonamides is 1. The van der Waals surface area contributed by atoms with Gasteiger partial charge in [-0.05, 0) is 53.9 Å². The third kappa shape index (κ3) is 6.17. The van der Waals surface area contributed by atoms with E-state index in [0.717, 1.165) is 22.2 Å².